The molecule has 0 fully saturated rings. The summed E-state index contributed by atoms with van der Waals surface area (Å²) in [4.78, 5) is 1.30. The minimum absolute atomic E-state index is 0.125. The van der Waals surface area contributed by atoms with Crippen molar-refractivity contribution in [1.29, 1.82) is 0 Å². The summed E-state index contributed by atoms with van der Waals surface area (Å²) < 4.78 is 1.84. The van der Waals surface area contributed by atoms with Crippen LogP contribution in [-0.4, -0.2) is 16.3 Å². The van der Waals surface area contributed by atoms with Crippen LogP contribution < -0.4 is 5.32 Å². The van der Waals surface area contributed by atoms with E-state index >= 15 is 0 Å². The van der Waals surface area contributed by atoms with E-state index in [1.807, 2.05) is 11.7 Å². The highest BCUT2D eigenvalue weighted by molar-refractivity contribution is 7.10. The van der Waals surface area contributed by atoms with E-state index < -0.39 is 0 Å². The van der Waals surface area contributed by atoms with Gasteiger partial charge < -0.3 is 5.32 Å². The van der Waals surface area contributed by atoms with Crippen molar-refractivity contribution in [2.45, 2.75) is 19.9 Å². The predicted molar refractivity (Wildman–Crippen MR) is 72.8 cm³/mol. The monoisotopic (exact) mass is 269 g/mol. The largest absolute Gasteiger partial charge is 0.305 e. The van der Waals surface area contributed by atoms with Crippen molar-refractivity contribution in [3.8, 4) is 0 Å². The molecule has 5 heteroatoms. The Morgan fingerprint density at radius 2 is 2.35 bits per heavy atom. The van der Waals surface area contributed by atoms with E-state index in [0.717, 1.165) is 12.2 Å². The van der Waals surface area contributed by atoms with Gasteiger partial charge in [-0.15, -0.1) is 11.3 Å². The Kier molecular flexibility index (Phi) is 3.86. The fourth-order valence-corrected chi connectivity index (χ4v) is 3.22. The molecule has 17 heavy (non-hydrogen) atoms. The van der Waals surface area contributed by atoms with Crippen LogP contribution in [0.5, 0.6) is 0 Å². The van der Waals surface area contributed by atoms with E-state index in [2.05, 4.69) is 35.7 Å². The highest BCUT2D eigenvalue weighted by Crippen LogP contribution is 2.32. The lowest BCUT2D eigenvalue weighted by molar-refractivity contribution is 0.578. The van der Waals surface area contributed by atoms with Crippen LogP contribution in [0, 0.1) is 6.92 Å². The molecule has 0 saturated heterocycles. The number of halogens is 1. The number of aromatic nitrogens is 2. The topological polar surface area (TPSA) is 29.9 Å². The summed E-state index contributed by atoms with van der Waals surface area (Å²) in [5, 5.41) is 10.5. The van der Waals surface area contributed by atoms with E-state index in [9.17, 15) is 0 Å². The number of rotatable bonds is 4. The molecule has 0 aromatic carbocycles. The van der Waals surface area contributed by atoms with Gasteiger partial charge in [-0.05, 0) is 30.5 Å². The molecule has 2 rings (SSSR count). The Morgan fingerprint density at radius 3 is 2.82 bits per heavy atom. The van der Waals surface area contributed by atoms with Crippen molar-refractivity contribution in [3.63, 3.8) is 0 Å². The fourth-order valence-electron chi connectivity index (χ4n) is 1.94. The minimum Gasteiger partial charge on any atom is -0.305 e. The molecule has 2 aromatic heterocycles. The van der Waals surface area contributed by atoms with Crippen LogP contribution in [-0.2, 0) is 7.05 Å². The fraction of sp³-hybridized carbons (Fsp3) is 0.417. The van der Waals surface area contributed by atoms with E-state index in [4.69, 9.17) is 11.6 Å². The normalized spacial score (nSPS) is 12.9. The Hall–Kier alpha value is -0.840. The molecule has 3 nitrogen and oxygen atoms in total. The number of aryl methyl sites for hydroxylation is 2. The van der Waals surface area contributed by atoms with E-state index in [-0.39, 0.29) is 6.04 Å². The molecule has 1 atom stereocenters. The second-order valence-corrected chi connectivity index (χ2v) is 5.31. The molecule has 0 radical (unpaired) electrons. The maximum atomic E-state index is 6.23. The first-order valence-corrected chi connectivity index (χ1v) is 6.85. The van der Waals surface area contributed by atoms with Crippen LogP contribution in [0.1, 0.15) is 29.1 Å². The van der Waals surface area contributed by atoms with Crippen molar-refractivity contribution in [1.82, 2.24) is 15.1 Å². The van der Waals surface area contributed by atoms with Crippen molar-refractivity contribution in [3.05, 3.63) is 38.8 Å². The Balaban J connectivity index is 2.46. The van der Waals surface area contributed by atoms with Gasteiger partial charge in [0.2, 0.25) is 0 Å². The van der Waals surface area contributed by atoms with E-state index in [0.29, 0.717) is 5.02 Å². The molecule has 0 amide bonds. The molecule has 1 N–H and O–H groups in total. The quantitative estimate of drug-likeness (QED) is 0.924. The maximum Gasteiger partial charge on any atom is 0.0859 e. The lowest BCUT2D eigenvalue weighted by Gasteiger charge is -2.18. The summed E-state index contributed by atoms with van der Waals surface area (Å²) >= 11 is 7.98. The maximum absolute atomic E-state index is 6.23. The highest BCUT2D eigenvalue weighted by Gasteiger charge is 2.22. The number of thiophene rings is 1. The average molecular weight is 270 g/mol. The molecule has 1 unspecified atom stereocenters. The van der Waals surface area contributed by atoms with Gasteiger partial charge in [-0.25, -0.2) is 0 Å². The van der Waals surface area contributed by atoms with E-state index in [1.165, 1.54) is 10.4 Å². The van der Waals surface area contributed by atoms with Gasteiger partial charge in [-0.2, -0.15) is 5.10 Å². The molecular weight excluding hydrogens is 254 g/mol. The van der Waals surface area contributed by atoms with Crippen molar-refractivity contribution in [2.24, 2.45) is 7.05 Å². The zero-order valence-corrected chi connectivity index (χ0v) is 11.8. The number of hydrogen-bond donors (Lipinski definition) is 1. The average Bonchev–Trinajstić information content (AvgIpc) is 2.84. The third kappa shape index (κ3) is 2.39. The summed E-state index contributed by atoms with van der Waals surface area (Å²) in [6.07, 6.45) is 1.70. The first-order chi connectivity index (χ1) is 8.15. The molecule has 2 aromatic rings. The zero-order valence-electron chi connectivity index (χ0n) is 10.2. The lowest BCUT2D eigenvalue weighted by atomic mass is 10.1. The van der Waals surface area contributed by atoms with Gasteiger partial charge in [-0.3, -0.25) is 4.68 Å². The van der Waals surface area contributed by atoms with Gasteiger partial charge in [-0.1, -0.05) is 18.5 Å². The van der Waals surface area contributed by atoms with Crippen LogP contribution >= 0.6 is 22.9 Å². The number of nitrogens with one attached hydrogen (secondary N) is 1. The van der Waals surface area contributed by atoms with Crippen molar-refractivity contribution >= 4 is 22.9 Å². The van der Waals surface area contributed by atoms with Gasteiger partial charge >= 0.3 is 0 Å². The van der Waals surface area contributed by atoms with Gasteiger partial charge in [0, 0.05) is 11.9 Å². The number of nitrogens with zero attached hydrogens (tertiary/aromatic N) is 2. The summed E-state index contributed by atoms with van der Waals surface area (Å²) in [6.45, 7) is 5.12. The molecule has 0 aliphatic carbocycles. The second-order valence-electron chi connectivity index (χ2n) is 3.96. The van der Waals surface area contributed by atoms with Crippen LogP contribution in [0.2, 0.25) is 5.02 Å². The van der Waals surface area contributed by atoms with Crippen LogP contribution in [0.15, 0.2) is 17.6 Å². The smallest absolute Gasteiger partial charge is 0.0859 e. The first kappa shape index (κ1) is 12.6. The summed E-state index contributed by atoms with van der Waals surface area (Å²) in [7, 11) is 1.93. The van der Waals surface area contributed by atoms with Crippen molar-refractivity contribution < 1.29 is 0 Å². The Bertz CT molecular complexity index is 484. The van der Waals surface area contributed by atoms with Gasteiger partial charge in [0.15, 0.2) is 0 Å². The molecule has 0 bridgehead atoms. The molecule has 0 aliphatic heterocycles. The van der Waals surface area contributed by atoms with Gasteiger partial charge in [0.25, 0.3) is 0 Å². The second kappa shape index (κ2) is 5.21. The van der Waals surface area contributed by atoms with Gasteiger partial charge in [0.1, 0.15) is 0 Å². The van der Waals surface area contributed by atoms with Crippen LogP contribution in [0.3, 0.4) is 0 Å². The summed E-state index contributed by atoms with van der Waals surface area (Å²) in [6, 6.07) is 2.26. The molecule has 0 spiro atoms. The molecular formula is C12H16ClN3S. The summed E-state index contributed by atoms with van der Waals surface area (Å²) in [5.41, 5.74) is 2.32. The molecule has 0 aliphatic rings. The predicted octanol–water partition coefficient (Wildman–Crippen LogP) is 3.14. The first-order valence-electron chi connectivity index (χ1n) is 5.60. The zero-order chi connectivity index (χ0) is 12.4. The number of hydrogen-bond acceptors (Lipinski definition) is 3. The van der Waals surface area contributed by atoms with Gasteiger partial charge in [0.05, 0.1) is 23.0 Å². The van der Waals surface area contributed by atoms with Crippen molar-refractivity contribution in [2.75, 3.05) is 6.54 Å². The standard InChI is InChI=1S/C12H16ClN3S/c1-4-14-10(12-8(2)5-6-17-12)11-9(13)7-15-16(11)3/h5-7,10,14H,4H2,1-3H3. The Morgan fingerprint density at radius 1 is 1.59 bits per heavy atom. The third-order valence-corrected chi connectivity index (χ3v) is 4.16. The highest BCUT2D eigenvalue weighted by atomic mass is 35.5. The van der Waals surface area contributed by atoms with Crippen LogP contribution in [0.4, 0.5) is 0 Å². The molecule has 0 saturated carbocycles. The summed E-state index contributed by atoms with van der Waals surface area (Å²) in [5.74, 6) is 0. The molecule has 92 valence electrons. The SMILES string of the molecule is CCNC(c1sccc1C)c1c(Cl)cnn1C. The minimum atomic E-state index is 0.125. The van der Waals surface area contributed by atoms with Crippen LogP contribution in [0.25, 0.3) is 0 Å². The Labute approximate surface area is 110 Å². The van der Waals surface area contributed by atoms with E-state index in [1.54, 1.807) is 17.5 Å². The molecule has 2 heterocycles. The third-order valence-electron chi connectivity index (χ3n) is 2.78. The lowest BCUT2D eigenvalue weighted by Crippen LogP contribution is -2.24.